The van der Waals surface area contributed by atoms with E-state index in [-0.39, 0.29) is 16.2 Å². The Bertz CT molecular complexity index is 4640. The van der Waals surface area contributed by atoms with Crippen LogP contribution in [0.15, 0.2) is 237 Å². The molecule has 0 amide bonds. The first-order valence-electron chi connectivity index (χ1n) is 30.9. The molecule has 0 atom stereocenters. The van der Waals surface area contributed by atoms with Crippen LogP contribution in [-0.4, -0.2) is 14.1 Å². The fourth-order valence-corrected chi connectivity index (χ4v) is 13.4. The Morgan fingerprint density at radius 3 is 1.48 bits per heavy atom. The van der Waals surface area contributed by atoms with E-state index in [9.17, 15) is 0 Å². The third kappa shape index (κ3) is 11.1. The van der Waals surface area contributed by atoms with Crippen molar-refractivity contribution in [2.75, 3.05) is 9.80 Å². The molecule has 10 aromatic carbocycles. The SMILES string of the molecule is CC(C)(C)c1ccnc(N2c3[c-]c(Oc4[c-]c(-n5[c](=[Pt])n(-c6c(-c7ccccc7)cc(C(C)(C)C)cc6-c6ccccc6)c6ccccc65)ccc4)c(C(C)(C)C)cc3-c3ccccc3N(c3ccccc3)c3ccccc3-c3cc(C(C)(C)C)ccc32)c1. The number of hydrogen-bond donors (Lipinski definition) is 0. The Labute approximate surface area is 536 Å². The molecule has 0 unspecified atom stereocenters. The molecule has 0 saturated carbocycles. The standard InChI is InChI=1S/C82H75N5O.Pt/c1-79(2,3)57-43-44-72-67(47-57)63-37-22-24-39-70(63)86(60-33-20-15-21-34-60)71-40-25-23-38-64(71)68-52-69(82(10,11)12)76(53-75(68)87(72)77-50-58(45-46-83-77)80(4,5)6)88-62-36-28-35-61(51-62)84-54-85(74-42-27-26-41-73(74)84)78-65(55-29-16-13-17-30-55)48-59(81(7,8)9)49-66(78)56-31-18-14-19-32-56;/h13-50,52H,1-12H3;/q-2;. The van der Waals surface area contributed by atoms with Crippen molar-refractivity contribution in [3.8, 4) is 67.4 Å². The Kier molecular flexibility index (Phi) is 15.1. The van der Waals surface area contributed by atoms with Gasteiger partial charge in [-0.1, -0.05) is 96.1 Å². The second-order valence-corrected chi connectivity index (χ2v) is 28.5. The molecular formula is C82H75N5OPt-2. The number of imidazole rings is 1. The van der Waals surface area contributed by atoms with Crippen molar-refractivity contribution in [3.05, 3.63) is 275 Å². The second-order valence-electron chi connectivity index (χ2n) is 27.5. The van der Waals surface area contributed by atoms with Crippen molar-refractivity contribution < 1.29 is 24.1 Å². The fraction of sp³-hybridized carbons (Fsp3) is 0.195. The second kappa shape index (κ2) is 22.8. The Morgan fingerprint density at radius 2 is 0.899 bits per heavy atom. The van der Waals surface area contributed by atoms with E-state index in [0.717, 1.165) is 111 Å². The molecule has 3 heterocycles. The van der Waals surface area contributed by atoms with Gasteiger partial charge in [0.15, 0.2) is 0 Å². The van der Waals surface area contributed by atoms with Gasteiger partial charge in [0.05, 0.1) is 5.69 Å². The molecule has 0 N–H and O–H groups in total. The van der Waals surface area contributed by atoms with Crippen molar-refractivity contribution >= 4 is 45.3 Å². The van der Waals surface area contributed by atoms with Gasteiger partial charge in [0.25, 0.3) is 0 Å². The fourth-order valence-electron chi connectivity index (χ4n) is 12.4. The Morgan fingerprint density at radius 1 is 0.393 bits per heavy atom. The number of para-hydroxylation sites is 5. The summed E-state index contributed by atoms with van der Waals surface area (Å²) in [4.78, 5) is 10.1. The van der Waals surface area contributed by atoms with Crippen molar-refractivity contribution in [1.29, 1.82) is 0 Å². The van der Waals surface area contributed by atoms with Gasteiger partial charge >= 0.3 is 358 Å². The van der Waals surface area contributed by atoms with Crippen LogP contribution in [0.1, 0.15) is 105 Å². The summed E-state index contributed by atoms with van der Waals surface area (Å²) in [7, 11) is 0. The molecule has 13 rings (SSSR count). The maximum absolute atomic E-state index is 7.49. The van der Waals surface area contributed by atoms with Crippen molar-refractivity contribution in [1.82, 2.24) is 14.1 Å². The van der Waals surface area contributed by atoms with Gasteiger partial charge in [-0.05, 0) is 58.4 Å². The van der Waals surface area contributed by atoms with Crippen LogP contribution in [0.25, 0.3) is 66.9 Å². The van der Waals surface area contributed by atoms with E-state index in [1.165, 1.54) is 16.7 Å². The topological polar surface area (TPSA) is 38.5 Å². The molecule has 0 fully saturated rings. The molecule has 12 aromatic rings. The van der Waals surface area contributed by atoms with Crippen molar-refractivity contribution in [3.63, 3.8) is 0 Å². The van der Waals surface area contributed by atoms with Crippen LogP contribution in [-0.2, 0) is 41.0 Å². The van der Waals surface area contributed by atoms with Gasteiger partial charge < -0.3 is 4.90 Å². The number of anilines is 6. The normalized spacial score (nSPS) is 12.7. The zero-order valence-corrected chi connectivity index (χ0v) is 55.2. The molecule has 89 heavy (non-hydrogen) atoms. The number of fused-ring (bicyclic) bond motifs is 7. The van der Waals surface area contributed by atoms with E-state index in [4.69, 9.17) is 9.72 Å². The summed E-state index contributed by atoms with van der Waals surface area (Å²) in [5, 5.41) is 0. The molecule has 446 valence electrons. The summed E-state index contributed by atoms with van der Waals surface area (Å²) in [5.41, 5.74) is 21.6. The van der Waals surface area contributed by atoms with Gasteiger partial charge in [-0.15, -0.1) is 0 Å². The molecule has 1 aliphatic heterocycles. The van der Waals surface area contributed by atoms with Gasteiger partial charge in [0.1, 0.15) is 0 Å². The first-order valence-corrected chi connectivity index (χ1v) is 32.0. The van der Waals surface area contributed by atoms with Gasteiger partial charge in [-0.3, -0.25) is 0 Å². The first-order chi connectivity index (χ1) is 42.6. The molecule has 7 heteroatoms. The van der Waals surface area contributed by atoms with E-state index in [0.29, 0.717) is 11.5 Å². The zero-order chi connectivity index (χ0) is 62.1. The average Bonchev–Trinajstić information content (AvgIpc) is 1.89. The minimum absolute atomic E-state index is 0.111. The van der Waals surface area contributed by atoms with E-state index >= 15 is 0 Å². The molecule has 6 nitrogen and oxygen atoms in total. The number of pyridine rings is 1. The van der Waals surface area contributed by atoms with Crippen LogP contribution in [0.2, 0.25) is 0 Å². The third-order valence-electron chi connectivity index (χ3n) is 17.2. The number of nitrogens with zero attached hydrogens (tertiary/aromatic N) is 5. The monoisotopic (exact) mass is 1340 g/mol. The van der Waals surface area contributed by atoms with Crippen LogP contribution in [0.5, 0.6) is 11.5 Å². The molecule has 0 saturated heterocycles. The summed E-state index contributed by atoms with van der Waals surface area (Å²) < 4.78 is 13.2. The van der Waals surface area contributed by atoms with Crippen LogP contribution in [0.4, 0.5) is 34.3 Å². The number of aromatic nitrogens is 3. The average molecular weight is 1340 g/mol. The number of hydrogen-bond acceptors (Lipinski definition) is 4. The molecule has 2 aromatic heterocycles. The zero-order valence-electron chi connectivity index (χ0n) is 53.0. The van der Waals surface area contributed by atoms with Gasteiger partial charge in [-0.25, -0.2) is 0 Å². The number of rotatable bonds is 8. The molecule has 1 aliphatic rings. The molecule has 0 bridgehead atoms. The summed E-state index contributed by atoms with van der Waals surface area (Å²) in [6.45, 7) is 27.4. The molecule has 0 aliphatic carbocycles. The molecular weight excluding hydrogens is 1270 g/mol. The van der Waals surface area contributed by atoms with E-state index in [2.05, 4.69) is 358 Å². The van der Waals surface area contributed by atoms with Gasteiger partial charge in [0, 0.05) is 17.4 Å². The predicted molar refractivity (Wildman–Crippen MR) is 367 cm³/mol. The Balaban J connectivity index is 1.06. The maximum atomic E-state index is 7.49. The predicted octanol–water partition coefficient (Wildman–Crippen LogP) is 22.4. The number of ether oxygens (including phenoxy) is 1. The van der Waals surface area contributed by atoms with Gasteiger partial charge in [0.2, 0.25) is 0 Å². The first kappa shape index (κ1) is 58.9. The van der Waals surface area contributed by atoms with Crippen LogP contribution in [0.3, 0.4) is 0 Å². The van der Waals surface area contributed by atoms with Crippen LogP contribution < -0.4 is 14.5 Å². The van der Waals surface area contributed by atoms with Crippen LogP contribution >= 0.6 is 0 Å². The number of benzene rings is 10. The van der Waals surface area contributed by atoms with Crippen LogP contribution in [0, 0.1) is 15.9 Å². The Hall–Kier alpha value is -9.09. The third-order valence-corrected chi connectivity index (χ3v) is 18.2. The summed E-state index contributed by atoms with van der Waals surface area (Å²) >= 11 is 2.53. The van der Waals surface area contributed by atoms with Gasteiger partial charge in [-0.2, -0.15) is 0 Å². The summed E-state index contributed by atoms with van der Waals surface area (Å²) in [5.74, 6) is 1.94. The van der Waals surface area contributed by atoms with E-state index in [1.807, 2.05) is 12.3 Å². The van der Waals surface area contributed by atoms with Crippen molar-refractivity contribution in [2.24, 2.45) is 0 Å². The molecule has 0 radical (unpaired) electrons. The van der Waals surface area contributed by atoms with Crippen molar-refractivity contribution in [2.45, 2.75) is 105 Å². The molecule has 0 spiro atoms. The summed E-state index contributed by atoms with van der Waals surface area (Å²) in [6, 6.07) is 91.6. The quantitative estimate of drug-likeness (QED) is 0.142. The summed E-state index contributed by atoms with van der Waals surface area (Å²) in [6.07, 6.45) is 1.96. The van der Waals surface area contributed by atoms with E-state index in [1.54, 1.807) is 0 Å². The minimum atomic E-state index is -0.420. The van der Waals surface area contributed by atoms with E-state index < -0.39 is 5.41 Å².